The maximum Gasteiger partial charge on any atom is 0.341 e. The topological polar surface area (TPSA) is 171 Å². The van der Waals surface area contributed by atoms with Crippen LogP contribution in [0.2, 0.25) is 0 Å². The number of primary amides is 1. The summed E-state index contributed by atoms with van der Waals surface area (Å²) in [6.07, 6.45) is 0. The normalized spacial score (nSPS) is 12.3. The number of imide groups is 1. The first-order valence-electron chi connectivity index (χ1n) is 10.2. The minimum absolute atomic E-state index is 0.0138. The van der Waals surface area contributed by atoms with Crippen LogP contribution in [-0.2, 0) is 23.8 Å². The number of hydrogen-bond acceptors (Lipinski definition) is 10. The van der Waals surface area contributed by atoms with Gasteiger partial charge in [-0.2, -0.15) is 0 Å². The maximum atomic E-state index is 12.5. The van der Waals surface area contributed by atoms with Gasteiger partial charge in [-0.05, 0) is 24.6 Å². The van der Waals surface area contributed by atoms with Gasteiger partial charge in [0.25, 0.3) is 23.6 Å². The molecule has 0 bridgehead atoms. The van der Waals surface area contributed by atoms with Crippen LogP contribution in [0.15, 0.2) is 24.3 Å². The molecule has 2 aromatic rings. The van der Waals surface area contributed by atoms with E-state index < -0.39 is 48.7 Å². The highest BCUT2D eigenvalue weighted by molar-refractivity contribution is 7.18. The Balaban J connectivity index is 1.62. The van der Waals surface area contributed by atoms with E-state index in [1.54, 1.807) is 12.1 Å². The van der Waals surface area contributed by atoms with Crippen molar-refractivity contribution < 1.29 is 43.0 Å². The number of rotatable bonds is 10. The van der Waals surface area contributed by atoms with Gasteiger partial charge in [0.15, 0.2) is 6.61 Å². The van der Waals surface area contributed by atoms with Gasteiger partial charge < -0.3 is 25.3 Å². The Bertz CT molecular complexity index is 1190. The summed E-state index contributed by atoms with van der Waals surface area (Å²) in [5, 5.41) is 2.38. The molecule has 0 spiro atoms. The number of anilines is 1. The van der Waals surface area contributed by atoms with Gasteiger partial charge in [0.2, 0.25) is 0 Å². The lowest BCUT2D eigenvalue weighted by molar-refractivity contribution is -0.147. The average Bonchev–Trinajstić information content (AvgIpc) is 3.27. The number of nitrogens with two attached hydrogens (primary N) is 1. The monoisotopic (exact) mass is 503 g/mol. The molecule has 0 aliphatic carbocycles. The van der Waals surface area contributed by atoms with E-state index in [-0.39, 0.29) is 45.3 Å². The quantitative estimate of drug-likeness (QED) is 0.269. The van der Waals surface area contributed by atoms with Crippen LogP contribution in [-0.4, -0.2) is 73.9 Å². The minimum atomic E-state index is -0.992. The molecule has 35 heavy (non-hydrogen) atoms. The number of nitrogens with one attached hydrogen (secondary N) is 1. The van der Waals surface area contributed by atoms with Gasteiger partial charge in [0.05, 0.1) is 28.2 Å². The fourth-order valence-corrected chi connectivity index (χ4v) is 4.30. The van der Waals surface area contributed by atoms with E-state index in [9.17, 15) is 28.8 Å². The third kappa shape index (κ3) is 5.53. The largest absolute Gasteiger partial charge is 0.460 e. The van der Waals surface area contributed by atoms with Gasteiger partial charge in [-0.3, -0.25) is 28.9 Å². The van der Waals surface area contributed by atoms with Crippen LogP contribution in [0, 0.1) is 6.92 Å². The van der Waals surface area contributed by atoms with E-state index in [4.69, 9.17) is 19.9 Å². The second kappa shape index (κ2) is 10.9. The Morgan fingerprint density at radius 1 is 1.03 bits per heavy atom. The molecule has 0 saturated heterocycles. The first-order chi connectivity index (χ1) is 16.6. The number of thiophene rings is 1. The zero-order valence-electron chi connectivity index (χ0n) is 18.7. The zero-order valence-corrected chi connectivity index (χ0v) is 19.6. The molecule has 13 heteroatoms. The van der Waals surface area contributed by atoms with Gasteiger partial charge in [0.1, 0.15) is 18.2 Å². The molecule has 1 aliphatic rings. The van der Waals surface area contributed by atoms with Crippen molar-refractivity contribution in [1.29, 1.82) is 0 Å². The van der Waals surface area contributed by atoms with Crippen molar-refractivity contribution >= 4 is 51.9 Å². The number of hydrogen-bond donors (Lipinski definition) is 2. The molecule has 184 valence electrons. The Morgan fingerprint density at radius 2 is 1.66 bits per heavy atom. The van der Waals surface area contributed by atoms with Gasteiger partial charge >= 0.3 is 11.9 Å². The summed E-state index contributed by atoms with van der Waals surface area (Å²) >= 11 is 0.767. The number of fused-ring (bicyclic) bond motifs is 1. The average molecular weight is 503 g/mol. The van der Waals surface area contributed by atoms with Gasteiger partial charge in [-0.1, -0.05) is 12.1 Å². The summed E-state index contributed by atoms with van der Waals surface area (Å²) in [6, 6.07) is 6.12. The van der Waals surface area contributed by atoms with Crippen molar-refractivity contribution in [1.82, 2.24) is 4.90 Å². The molecule has 0 atom stereocenters. The van der Waals surface area contributed by atoms with Gasteiger partial charge in [0, 0.05) is 7.11 Å². The van der Waals surface area contributed by atoms with Crippen LogP contribution in [0.1, 0.15) is 46.3 Å². The van der Waals surface area contributed by atoms with Crippen LogP contribution >= 0.6 is 11.3 Å². The molecule has 3 rings (SSSR count). The predicted molar refractivity (Wildman–Crippen MR) is 121 cm³/mol. The van der Waals surface area contributed by atoms with Crippen molar-refractivity contribution in [2.24, 2.45) is 5.73 Å². The molecular formula is C22H21N3O9S. The first-order valence-corrected chi connectivity index (χ1v) is 11.0. The Labute approximate surface area is 202 Å². The molecule has 1 aromatic heterocycles. The van der Waals surface area contributed by atoms with Crippen LogP contribution in [0.25, 0.3) is 0 Å². The highest BCUT2D eigenvalue weighted by Crippen LogP contribution is 2.33. The lowest BCUT2D eigenvalue weighted by Gasteiger charge is -2.13. The SMILES string of the molecule is COCCOC(=O)c1c(NC(=O)COC(=O)CN2C(=O)c3ccccc3C2=O)sc(C(N)=O)c1C. The smallest absolute Gasteiger partial charge is 0.341 e. The van der Waals surface area contributed by atoms with Crippen molar-refractivity contribution in [3.8, 4) is 0 Å². The van der Waals surface area contributed by atoms with E-state index in [0.29, 0.717) is 0 Å². The molecule has 12 nitrogen and oxygen atoms in total. The van der Waals surface area contributed by atoms with E-state index >= 15 is 0 Å². The summed E-state index contributed by atoms with van der Waals surface area (Å²) in [4.78, 5) is 74.1. The van der Waals surface area contributed by atoms with Crippen LogP contribution < -0.4 is 11.1 Å². The number of methoxy groups -OCH3 is 1. The predicted octanol–water partition coefficient (Wildman–Crippen LogP) is 0.737. The second-order valence-corrected chi connectivity index (χ2v) is 8.22. The highest BCUT2D eigenvalue weighted by atomic mass is 32.1. The maximum absolute atomic E-state index is 12.5. The third-order valence-electron chi connectivity index (χ3n) is 4.88. The van der Waals surface area contributed by atoms with Crippen molar-refractivity contribution in [2.75, 3.05) is 38.8 Å². The fraction of sp³-hybridized carbons (Fsp3) is 0.273. The molecule has 0 fully saturated rings. The molecule has 2 heterocycles. The zero-order chi connectivity index (χ0) is 25.7. The lowest BCUT2D eigenvalue weighted by Crippen LogP contribution is -2.36. The molecule has 1 aliphatic heterocycles. The summed E-state index contributed by atoms with van der Waals surface area (Å²) in [7, 11) is 1.43. The van der Waals surface area contributed by atoms with Gasteiger partial charge in [-0.15, -0.1) is 11.3 Å². The summed E-state index contributed by atoms with van der Waals surface area (Å²) in [5.74, 6) is -4.71. The summed E-state index contributed by atoms with van der Waals surface area (Å²) in [6.45, 7) is 0.104. The van der Waals surface area contributed by atoms with Crippen molar-refractivity contribution in [3.05, 3.63) is 51.4 Å². The molecule has 0 saturated carbocycles. The number of carbonyl (C=O) groups excluding carboxylic acids is 6. The fourth-order valence-electron chi connectivity index (χ4n) is 3.24. The Kier molecular flexibility index (Phi) is 7.94. The molecule has 0 radical (unpaired) electrons. The van der Waals surface area contributed by atoms with Gasteiger partial charge in [-0.25, -0.2) is 4.79 Å². The number of benzene rings is 1. The summed E-state index contributed by atoms with van der Waals surface area (Å²) in [5.41, 5.74) is 5.84. The molecular weight excluding hydrogens is 482 g/mol. The number of carbonyl (C=O) groups is 6. The van der Waals surface area contributed by atoms with Crippen LogP contribution in [0.3, 0.4) is 0 Å². The van der Waals surface area contributed by atoms with Crippen molar-refractivity contribution in [3.63, 3.8) is 0 Å². The third-order valence-corrected chi connectivity index (χ3v) is 6.10. The second-order valence-electron chi connectivity index (χ2n) is 7.20. The molecule has 1 aromatic carbocycles. The molecule has 3 N–H and O–H groups in total. The first kappa shape index (κ1) is 25.5. The highest BCUT2D eigenvalue weighted by Gasteiger charge is 2.36. The van der Waals surface area contributed by atoms with E-state index in [2.05, 4.69) is 5.32 Å². The van der Waals surface area contributed by atoms with E-state index in [1.165, 1.54) is 26.2 Å². The van der Waals surface area contributed by atoms with Crippen molar-refractivity contribution in [2.45, 2.75) is 6.92 Å². The summed E-state index contributed by atoms with van der Waals surface area (Å²) < 4.78 is 14.8. The Morgan fingerprint density at radius 3 is 2.23 bits per heavy atom. The number of ether oxygens (including phenoxy) is 3. The minimum Gasteiger partial charge on any atom is -0.460 e. The Hall–Kier alpha value is -4.10. The molecule has 0 unspecified atom stereocenters. The standard InChI is InChI=1S/C22H21N3O9S/c1-11-16(22(31)33-8-7-32-2)19(35-17(11)18(23)28)24-14(26)10-34-15(27)9-25-20(29)12-5-3-4-6-13(12)21(25)30/h3-6H,7-10H2,1-2H3,(H2,23,28)(H,24,26). The van der Waals surface area contributed by atoms with Crippen LogP contribution in [0.5, 0.6) is 0 Å². The number of nitrogens with zero attached hydrogens (tertiary/aromatic N) is 1. The molecule has 4 amide bonds. The number of esters is 2. The van der Waals surface area contributed by atoms with Crippen LogP contribution in [0.4, 0.5) is 5.00 Å². The van der Waals surface area contributed by atoms with E-state index in [1.807, 2.05) is 0 Å². The van der Waals surface area contributed by atoms with E-state index in [0.717, 1.165) is 16.2 Å². The lowest BCUT2D eigenvalue weighted by atomic mass is 10.1. The number of amides is 4.